The van der Waals surface area contributed by atoms with Crippen LogP contribution in [0.2, 0.25) is 5.02 Å². The fourth-order valence-electron chi connectivity index (χ4n) is 4.97. The predicted octanol–water partition coefficient (Wildman–Crippen LogP) is 1.67. The van der Waals surface area contributed by atoms with Gasteiger partial charge >= 0.3 is 0 Å². The average molecular weight is 419 g/mol. The van der Waals surface area contributed by atoms with Gasteiger partial charge in [-0.05, 0) is 31.0 Å². The Morgan fingerprint density at radius 2 is 1.72 bits per heavy atom. The SMILES string of the molecule is O=C(C1CC[NH+]([C@@H]2CC(=O)N(c3cccc(Cl)c3)C2=O)CC1)N1CCCCCC1. The summed E-state index contributed by atoms with van der Waals surface area (Å²) in [6.45, 7) is 3.29. The number of rotatable bonds is 3. The van der Waals surface area contributed by atoms with Gasteiger partial charge in [-0.2, -0.15) is 0 Å². The van der Waals surface area contributed by atoms with E-state index in [0.717, 1.165) is 56.8 Å². The van der Waals surface area contributed by atoms with Crippen molar-refractivity contribution in [2.24, 2.45) is 5.92 Å². The highest BCUT2D eigenvalue weighted by molar-refractivity contribution is 6.31. The molecule has 6 nitrogen and oxygen atoms in total. The van der Waals surface area contributed by atoms with Crippen molar-refractivity contribution in [3.8, 4) is 0 Å². The highest BCUT2D eigenvalue weighted by atomic mass is 35.5. The van der Waals surface area contributed by atoms with Crippen LogP contribution >= 0.6 is 11.6 Å². The number of nitrogens with one attached hydrogen (secondary N) is 1. The Hall–Kier alpha value is -1.92. The van der Waals surface area contributed by atoms with Crippen LogP contribution < -0.4 is 9.80 Å². The van der Waals surface area contributed by atoms with Crippen molar-refractivity contribution in [1.82, 2.24) is 4.90 Å². The van der Waals surface area contributed by atoms with Crippen molar-refractivity contribution in [2.45, 2.75) is 51.0 Å². The fourth-order valence-corrected chi connectivity index (χ4v) is 5.16. The largest absolute Gasteiger partial charge is 0.342 e. The minimum absolute atomic E-state index is 0.0630. The lowest BCUT2D eigenvalue weighted by Crippen LogP contribution is -3.17. The highest BCUT2D eigenvalue weighted by Gasteiger charge is 2.47. The van der Waals surface area contributed by atoms with E-state index in [1.54, 1.807) is 24.3 Å². The molecule has 3 heterocycles. The van der Waals surface area contributed by atoms with Gasteiger partial charge in [0.1, 0.15) is 0 Å². The van der Waals surface area contributed by atoms with Gasteiger partial charge in [0.05, 0.1) is 25.2 Å². The van der Waals surface area contributed by atoms with E-state index in [2.05, 4.69) is 0 Å². The number of anilines is 1. The molecule has 3 amide bonds. The molecule has 0 bridgehead atoms. The van der Waals surface area contributed by atoms with E-state index >= 15 is 0 Å². The number of carbonyl (C=O) groups is 3. The molecule has 4 rings (SSSR count). The van der Waals surface area contributed by atoms with Gasteiger partial charge in [-0.3, -0.25) is 14.4 Å². The van der Waals surface area contributed by atoms with Gasteiger partial charge in [0.15, 0.2) is 6.04 Å². The quantitative estimate of drug-likeness (QED) is 0.759. The van der Waals surface area contributed by atoms with Gasteiger partial charge in [-0.1, -0.05) is 30.5 Å². The molecular weight excluding hydrogens is 390 g/mol. The van der Waals surface area contributed by atoms with E-state index < -0.39 is 0 Å². The van der Waals surface area contributed by atoms with E-state index in [1.165, 1.54) is 17.7 Å². The standard InChI is InChI=1S/C22H28ClN3O3/c23-17-6-5-7-18(14-17)26-20(27)15-19(22(26)29)24-12-8-16(9-13-24)21(28)25-10-3-1-2-4-11-25/h5-7,14,16,19H,1-4,8-13,15H2/p+1/t19-/m1/s1. The normalized spacial score (nSPS) is 28.5. The van der Waals surface area contributed by atoms with E-state index in [0.29, 0.717) is 16.6 Å². The van der Waals surface area contributed by atoms with Gasteiger partial charge in [0, 0.05) is 36.9 Å². The Labute approximate surface area is 176 Å². The summed E-state index contributed by atoms with van der Waals surface area (Å²) in [5.41, 5.74) is 0.542. The number of carbonyl (C=O) groups excluding carboxylic acids is 3. The second-order valence-corrected chi connectivity index (χ2v) is 8.91. The molecule has 0 spiro atoms. The van der Waals surface area contributed by atoms with Crippen LogP contribution in [0.25, 0.3) is 0 Å². The van der Waals surface area contributed by atoms with Crippen LogP contribution in [0, 0.1) is 5.92 Å². The molecular formula is C22H29ClN3O3+. The number of piperidine rings is 1. The number of likely N-dealkylation sites (tertiary alicyclic amines) is 2. The molecule has 1 atom stereocenters. The van der Waals surface area contributed by atoms with Gasteiger partial charge in [0.25, 0.3) is 5.91 Å². The first kappa shape index (κ1) is 20.4. The van der Waals surface area contributed by atoms with E-state index in [4.69, 9.17) is 11.6 Å². The molecule has 3 aliphatic heterocycles. The maximum absolute atomic E-state index is 13.0. The first-order valence-corrected chi connectivity index (χ1v) is 11.2. The van der Waals surface area contributed by atoms with Crippen LogP contribution in [0.1, 0.15) is 44.9 Å². The molecule has 3 saturated heterocycles. The zero-order chi connectivity index (χ0) is 20.4. The Bertz CT molecular complexity index is 783. The second kappa shape index (κ2) is 8.84. The number of halogens is 1. The summed E-state index contributed by atoms with van der Waals surface area (Å²) < 4.78 is 0. The first-order valence-electron chi connectivity index (χ1n) is 10.8. The summed E-state index contributed by atoms with van der Waals surface area (Å²) in [5.74, 6) is 0.0375. The molecule has 1 aromatic carbocycles. The van der Waals surface area contributed by atoms with E-state index in [-0.39, 0.29) is 30.2 Å². The number of imide groups is 1. The maximum Gasteiger partial charge on any atom is 0.292 e. The summed E-state index contributed by atoms with van der Waals surface area (Å²) >= 11 is 6.03. The van der Waals surface area contributed by atoms with Gasteiger partial charge < -0.3 is 9.80 Å². The van der Waals surface area contributed by atoms with Gasteiger partial charge in [-0.25, -0.2) is 4.90 Å². The van der Waals surface area contributed by atoms with Crippen molar-refractivity contribution in [2.75, 3.05) is 31.1 Å². The molecule has 1 aromatic rings. The molecule has 156 valence electrons. The molecule has 1 N–H and O–H groups in total. The molecule has 0 aliphatic carbocycles. The van der Waals surface area contributed by atoms with Crippen molar-refractivity contribution in [3.05, 3.63) is 29.3 Å². The Morgan fingerprint density at radius 1 is 1.03 bits per heavy atom. The summed E-state index contributed by atoms with van der Waals surface area (Å²) in [4.78, 5) is 42.9. The van der Waals surface area contributed by atoms with Crippen molar-refractivity contribution < 1.29 is 19.3 Å². The van der Waals surface area contributed by atoms with E-state index in [9.17, 15) is 14.4 Å². The highest BCUT2D eigenvalue weighted by Crippen LogP contribution is 2.25. The maximum atomic E-state index is 13.0. The third-order valence-corrected chi connectivity index (χ3v) is 6.84. The zero-order valence-corrected chi connectivity index (χ0v) is 17.5. The molecule has 3 fully saturated rings. The average Bonchev–Trinajstić information content (AvgIpc) is 2.90. The lowest BCUT2D eigenvalue weighted by atomic mass is 9.94. The van der Waals surface area contributed by atoms with Crippen LogP contribution in [0.3, 0.4) is 0 Å². The third kappa shape index (κ3) is 4.33. The van der Waals surface area contributed by atoms with Gasteiger partial charge in [0.2, 0.25) is 11.8 Å². The van der Waals surface area contributed by atoms with E-state index in [1.807, 2.05) is 4.90 Å². The topological polar surface area (TPSA) is 62.1 Å². The third-order valence-electron chi connectivity index (χ3n) is 6.60. The Morgan fingerprint density at radius 3 is 2.38 bits per heavy atom. The summed E-state index contributed by atoms with van der Waals surface area (Å²) in [5, 5.41) is 0.506. The van der Waals surface area contributed by atoms with Crippen molar-refractivity contribution >= 4 is 35.0 Å². The fraction of sp³-hybridized carbons (Fsp3) is 0.591. The number of benzene rings is 1. The second-order valence-electron chi connectivity index (χ2n) is 8.48. The number of hydrogen-bond acceptors (Lipinski definition) is 3. The summed E-state index contributed by atoms with van der Waals surface area (Å²) in [7, 11) is 0. The lowest BCUT2D eigenvalue weighted by Gasteiger charge is -2.33. The monoisotopic (exact) mass is 418 g/mol. The minimum Gasteiger partial charge on any atom is -0.342 e. The molecule has 7 heteroatoms. The van der Waals surface area contributed by atoms with Crippen LogP contribution in [-0.2, 0) is 14.4 Å². The zero-order valence-electron chi connectivity index (χ0n) is 16.7. The Balaban J connectivity index is 1.37. The van der Waals surface area contributed by atoms with Crippen molar-refractivity contribution in [3.63, 3.8) is 0 Å². The number of nitrogens with zero attached hydrogens (tertiary/aromatic N) is 2. The minimum atomic E-state index is -0.351. The Kier molecular flexibility index (Phi) is 6.20. The van der Waals surface area contributed by atoms with Crippen LogP contribution in [0.5, 0.6) is 0 Å². The number of quaternary nitrogens is 1. The smallest absolute Gasteiger partial charge is 0.292 e. The molecule has 0 unspecified atom stereocenters. The predicted molar refractivity (Wildman–Crippen MR) is 111 cm³/mol. The molecule has 29 heavy (non-hydrogen) atoms. The van der Waals surface area contributed by atoms with Crippen LogP contribution in [0.4, 0.5) is 5.69 Å². The molecule has 0 radical (unpaired) electrons. The molecule has 0 aromatic heterocycles. The first-order chi connectivity index (χ1) is 14.0. The van der Waals surface area contributed by atoms with Crippen LogP contribution in [-0.4, -0.2) is 54.8 Å². The number of hydrogen-bond donors (Lipinski definition) is 1. The summed E-state index contributed by atoms with van der Waals surface area (Å²) in [6, 6.07) is 6.52. The van der Waals surface area contributed by atoms with Gasteiger partial charge in [-0.15, -0.1) is 0 Å². The lowest BCUT2D eigenvalue weighted by molar-refractivity contribution is -0.920. The summed E-state index contributed by atoms with van der Waals surface area (Å²) in [6.07, 6.45) is 6.45. The van der Waals surface area contributed by atoms with Crippen molar-refractivity contribution in [1.29, 1.82) is 0 Å². The van der Waals surface area contributed by atoms with Crippen LogP contribution in [0.15, 0.2) is 24.3 Å². The number of amides is 3. The molecule has 0 saturated carbocycles. The molecule has 3 aliphatic rings.